The molecule has 2 unspecified atom stereocenters. The number of fused-ring (bicyclic) bond motifs is 3. The highest BCUT2D eigenvalue weighted by atomic mass is 32.2. The molecule has 0 saturated carbocycles. The molecule has 4 aliphatic heterocycles. The zero-order chi connectivity index (χ0) is 21.7. The highest BCUT2D eigenvalue weighted by molar-refractivity contribution is 7.89. The molecule has 4 heterocycles. The van der Waals surface area contributed by atoms with E-state index in [1.54, 1.807) is 11.8 Å². The summed E-state index contributed by atoms with van der Waals surface area (Å²) in [5.41, 5.74) is -0.291. The van der Waals surface area contributed by atoms with Gasteiger partial charge in [0.15, 0.2) is 0 Å². The number of carbonyl (C=O) groups is 1. The number of aromatic hydroxyl groups is 1. The Morgan fingerprint density at radius 1 is 1.13 bits per heavy atom. The summed E-state index contributed by atoms with van der Waals surface area (Å²) in [4.78, 5) is 14.0. The van der Waals surface area contributed by atoms with Crippen molar-refractivity contribution in [3.8, 4) is 5.75 Å². The van der Waals surface area contributed by atoms with Crippen LogP contribution in [0, 0.1) is 5.41 Å². The van der Waals surface area contributed by atoms with Crippen LogP contribution < -0.4 is 5.32 Å². The summed E-state index contributed by atoms with van der Waals surface area (Å²) in [7, 11) is -2.46. The molecule has 0 aromatic heterocycles. The summed E-state index contributed by atoms with van der Waals surface area (Å²) in [6.07, 6.45) is 0. The summed E-state index contributed by atoms with van der Waals surface area (Å²) in [5.74, 6) is -1.64. The summed E-state index contributed by atoms with van der Waals surface area (Å²) in [5, 5.41) is 12.1. The van der Waals surface area contributed by atoms with Gasteiger partial charge in [0.1, 0.15) is 11.8 Å². The van der Waals surface area contributed by atoms with Crippen molar-refractivity contribution in [1.29, 1.82) is 0 Å². The van der Waals surface area contributed by atoms with E-state index in [9.17, 15) is 18.3 Å². The molecule has 5 rings (SSSR count). The lowest BCUT2D eigenvalue weighted by Gasteiger charge is -2.58. The van der Waals surface area contributed by atoms with Crippen LogP contribution in [0.15, 0.2) is 29.2 Å². The van der Waals surface area contributed by atoms with Crippen molar-refractivity contribution in [1.82, 2.24) is 14.5 Å². The lowest BCUT2D eigenvalue weighted by molar-refractivity contribution is -0.482. The molecule has 0 aliphatic carbocycles. The number of hydrogen-bond donors (Lipinski definition) is 2. The Hall–Kier alpha value is -1.92. The smallest absolute Gasteiger partial charge is 0.317 e. The molecule has 10 nitrogen and oxygen atoms in total. The van der Waals surface area contributed by atoms with Gasteiger partial charge < -0.3 is 29.5 Å². The summed E-state index contributed by atoms with van der Waals surface area (Å²) in [6.45, 7) is 5.06. The quantitative estimate of drug-likeness (QED) is 0.703. The van der Waals surface area contributed by atoms with Crippen LogP contribution in [-0.2, 0) is 24.2 Å². The van der Waals surface area contributed by atoms with Gasteiger partial charge in [-0.15, -0.1) is 0 Å². The average Bonchev–Trinajstić information content (AvgIpc) is 2.74. The van der Waals surface area contributed by atoms with Crippen LogP contribution in [0.1, 0.15) is 13.8 Å². The van der Waals surface area contributed by atoms with Gasteiger partial charge in [-0.3, -0.25) is 0 Å². The minimum Gasteiger partial charge on any atom is -0.508 e. The number of phenols is 1. The van der Waals surface area contributed by atoms with Gasteiger partial charge in [-0.25, -0.2) is 13.2 Å². The van der Waals surface area contributed by atoms with Crippen LogP contribution in [0.25, 0.3) is 0 Å². The van der Waals surface area contributed by atoms with Crippen molar-refractivity contribution in [2.45, 2.75) is 36.8 Å². The predicted octanol–water partition coefficient (Wildman–Crippen LogP) is 0.532. The molecule has 2 atom stereocenters. The Bertz CT molecular complexity index is 896. The van der Waals surface area contributed by atoms with Crippen molar-refractivity contribution in [2.24, 2.45) is 5.41 Å². The van der Waals surface area contributed by atoms with E-state index in [1.807, 2.05) is 6.92 Å². The number of nitrogens with zero attached hydrogens (tertiary/aromatic N) is 2. The minimum absolute atomic E-state index is 0.0266. The summed E-state index contributed by atoms with van der Waals surface area (Å²) >= 11 is 0. The first kappa shape index (κ1) is 21.3. The number of sulfonamides is 1. The first-order valence-electron chi connectivity index (χ1n) is 9.83. The lowest BCUT2D eigenvalue weighted by atomic mass is 9.90. The van der Waals surface area contributed by atoms with E-state index in [-0.39, 0.29) is 35.2 Å². The zero-order valence-corrected chi connectivity index (χ0v) is 18.0. The van der Waals surface area contributed by atoms with Crippen molar-refractivity contribution < 1.29 is 32.5 Å². The maximum Gasteiger partial charge on any atom is 0.317 e. The molecule has 4 aliphatic rings. The molecule has 2 bridgehead atoms. The number of amides is 2. The third-order valence-electron chi connectivity index (χ3n) is 5.97. The Labute approximate surface area is 175 Å². The van der Waals surface area contributed by atoms with E-state index in [0.717, 1.165) is 0 Å². The molecule has 2 amide bonds. The maximum atomic E-state index is 13.5. The molecular weight excluding hydrogens is 414 g/mol. The minimum atomic E-state index is -3.99. The van der Waals surface area contributed by atoms with Crippen LogP contribution in [0.4, 0.5) is 4.79 Å². The lowest BCUT2D eigenvalue weighted by Crippen LogP contribution is -2.75. The fraction of sp³-hybridized carbons (Fsp3) is 0.632. The number of rotatable bonds is 3. The summed E-state index contributed by atoms with van der Waals surface area (Å²) < 4.78 is 46.3. The van der Waals surface area contributed by atoms with E-state index in [0.29, 0.717) is 19.8 Å². The van der Waals surface area contributed by atoms with E-state index >= 15 is 0 Å². The zero-order valence-electron chi connectivity index (χ0n) is 17.2. The highest BCUT2D eigenvalue weighted by Crippen LogP contribution is 2.44. The van der Waals surface area contributed by atoms with Crippen LogP contribution >= 0.6 is 0 Å². The Morgan fingerprint density at radius 2 is 1.70 bits per heavy atom. The fourth-order valence-electron chi connectivity index (χ4n) is 4.22. The Balaban J connectivity index is 1.75. The van der Waals surface area contributed by atoms with Crippen molar-refractivity contribution >= 4 is 16.1 Å². The van der Waals surface area contributed by atoms with Gasteiger partial charge in [-0.05, 0) is 31.2 Å². The fourth-order valence-corrected chi connectivity index (χ4v) is 5.89. The largest absolute Gasteiger partial charge is 0.508 e. The highest BCUT2D eigenvalue weighted by Gasteiger charge is 2.62. The molecule has 2 N–H and O–H groups in total. The van der Waals surface area contributed by atoms with E-state index in [4.69, 9.17) is 14.2 Å². The monoisotopic (exact) mass is 441 g/mol. The predicted molar refractivity (Wildman–Crippen MR) is 105 cm³/mol. The van der Waals surface area contributed by atoms with Crippen molar-refractivity contribution in [3.05, 3.63) is 24.3 Å². The third-order valence-corrected chi connectivity index (χ3v) is 7.86. The number of nitrogens with one attached hydrogen (secondary N) is 1. The van der Waals surface area contributed by atoms with Gasteiger partial charge >= 0.3 is 12.0 Å². The first-order chi connectivity index (χ1) is 14.1. The standard InChI is InChI=1S/C19H27N3O7S/c1-13-16(19-27-10-18(2,11-28-19)12-29-19)22(9-8-21(13)17(24)20-3)30(25,26)15-6-4-14(23)5-7-15/h4-7,13,16,23H,8-12H2,1-3H3,(H,20,24). The maximum absolute atomic E-state index is 13.5. The number of hydrogen-bond acceptors (Lipinski definition) is 7. The average molecular weight is 442 g/mol. The Kier molecular flexibility index (Phi) is 5.22. The number of urea groups is 1. The van der Waals surface area contributed by atoms with Gasteiger partial charge in [-0.1, -0.05) is 6.92 Å². The van der Waals surface area contributed by atoms with Crippen LogP contribution in [0.5, 0.6) is 5.75 Å². The molecule has 1 aromatic rings. The SMILES string of the molecule is CNC(=O)N1CCN(S(=O)(=O)c2ccc(O)cc2)C(C23OCC(C)(CO2)CO3)C1C. The van der Waals surface area contributed by atoms with Crippen LogP contribution in [-0.4, -0.2) is 86.8 Å². The van der Waals surface area contributed by atoms with Gasteiger partial charge in [0.2, 0.25) is 10.0 Å². The molecule has 0 spiro atoms. The van der Waals surface area contributed by atoms with Gasteiger partial charge in [-0.2, -0.15) is 4.31 Å². The second-order valence-electron chi connectivity index (χ2n) is 8.32. The van der Waals surface area contributed by atoms with Gasteiger partial charge in [0.05, 0.1) is 30.8 Å². The molecule has 0 radical (unpaired) electrons. The molecule has 4 saturated heterocycles. The summed E-state index contributed by atoms with van der Waals surface area (Å²) in [6, 6.07) is 3.50. The number of ether oxygens (including phenoxy) is 3. The van der Waals surface area contributed by atoms with E-state index in [2.05, 4.69) is 5.32 Å². The van der Waals surface area contributed by atoms with E-state index < -0.39 is 28.1 Å². The molecule has 4 fully saturated rings. The van der Waals surface area contributed by atoms with Gasteiger partial charge in [0.25, 0.3) is 0 Å². The molecule has 30 heavy (non-hydrogen) atoms. The molecule has 11 heteroatoms. The number of benzene rings is 1. The second kappa shape index (κ2) is 7.34. The van der Waals surface area contributed by atoms with E-state index in [1.165, 1.54) is 35.6 Å². The third kappa shape index (κ3) is 3.34. The molecule has 166 valence electrons. The first-order valence-corrected chi connectivity index (χ1v) is 11.3. The number of carbonyl (C=O) groups excluding carboxylic acids is 1. The number of piperazine rings is 1. The second-order valence-corrected chi connectivity index (χ2v) is 10.2. The normalized spacial score (nSPS) is 34.7. The van der Waals surface area contributed by atoms with Gasteiger partial charge in [0, 0.05) is 25.6 Å². The molecular formula is C19H27N3O7S. The topological polar surface area (TPSA) is 118 Å². The Morgan fingerprint density at radius 3 is 2.23 bits per heavy atom. The van der Waals surface area contributed by atoms with Crippen LogP contribution in [0.2, 0.25) is 0 Å². The van der Waals surface area contributed by atoms with Crippen molar-refractivity contribution in [2.75, 3.05) is 40.0 Å². The molecule has 1 aromatic carbocycles. The number of phenolic OH excluding ortho intramolecular Hbond substituents is 1. The van der Waals surface area contributed by atoms with Crippen LogP contribution in [0.3, 0.4) is 0 Å². The van der Waals surface area contributed by atoms with Crippen molar-refractivity contribution in [3.63, 3.8) is 0 Å².